The summed E-state index contributed by atoms with van der Waals surface area (Å²) in [7, 11) is 0. The second-order valence-corrected chi connectivity index (χ2v) is 8.48. The number of hydrogen-bond donors (Lipinski definition) is 2. The van der Waals surface area contributed by atoms with Crippen LogP contribution in [0.4, 0.5) is 18.2 Å². The van der Waals surface area contributed by atoms with E-state index in [0.29, 0.717) is 28.4 Å². The minimum absolute atomic E-state index is 0.196. The lowest BCUT2D eigenvalue weighted by molar-refractivity contribution is -0.141. The Morgan fingerprint density at radius 1 is 1.33 bits per heavy atom. The zero-order valence-corrected chi connectivity index (χ0v) is 17.5. The van der Waals surface area contributed by atoms with Gasteiger partial charge in [-0.25, -0.2) is 9.78 Å². The molecular formula is C18H18F3N3O4S2. The van der Waals surface area contributed by atoms with Crippen LogP contribution >= 0.6 is 23.1 Å². The molecule has 2 aromatic heterocycles. The van der Waals surface area contributed by atoms with Crippen molar-refractivity contribution in [1.82, 2.24) is 9.97 Å². The molecule has 0 radical (unpaired) electrons. The monoisotopic (exact) mass is 461 g/mol. The number of fused-ring (bicyclic) bond motifs is 1. The van der Waals surface area contributed by atoms with Gasteiger partial charge in [0.25, 0.3) is 5.56 Å². The van der Waals surface area contributed by atoms with Gasteiger partial charge in [0.2, 0.25) is 5.91 Å². The number of amides is 1. The van der Waals surface area contributed by atoms with Crippen molar-refractivity contribution in [2.45, 2.75) is 43.9 Å². The number of thioether (sulfide) groups is 1. The quantitative estimate of drug-likeness (QED) is 0.387. The number of nitrogens with one attached hydrogen (secondary N) is 2. The third-order valence-corrected chi connectivity index (χ3v) is 6.33. The first-order valence-electron chi connectivity index (χ1n) is 9.12. The molecule has 1 aliphatic carbocycles. The van der Waals surface area contributed by atoms with Gasteiger partial charge in [-0.3, -0.25) is 9.59 Å². The highest BCUT2D eigenvalue weighted by atomic mass is 32.2. The molecule has 3 rings (SSSR count). The van der Waals surface area contributed by atoms with E-state index in [2.05, 4.69) is 15.3 Å². The molecule has 0 saturated carbocycles. The van der Waals surface area contributed by atoms with E-state index in [1.54, 1.807) is 6.92 Å². The van der Waals surface area contributed by atoms with Gasteiger partial charge in [0.1, 0.15) is 5.00 Å². The molecule has 0 saturated heterocycles. The van der Waals surface area contributed by atoms with Crippen molar-refractivity contribution in [2.24, 2.45) is 0 Å². The Kier molecular flexibility index (Phi) is 6.86. The SMILES string of the molecule is CCOC(=O)c1c(NC(=O)CSc2nc(C(F)(F)F)cc(=O)[nH]2)sc2c1CCCC2. The minimum atomic E-state index is -4.77. The predicted octanol–water partition coefficient (Wildman–Crippen LogP) is 3.64. The Labute approximate surface area is 177 Å². The number of carbonyl (C=O) groups is 2. The summed E-state index contributed by atoms with van der Waals surface area (Å²) in [4.78, 5) is 42.7. The standard InChI is InChI=1S/C18H18F3N3O4S2/c1-2-28-16(27)14-9-5-3-4-6-10(9)30-15(14)23-13(26)8-29-17-22-11(18(19,20)21)7-12(25)24-17/h7H,2-6,8H2,1H3,(H,23,26)(H,22,24,25). The van der Waals surface area contributed by atoms with Gasteiger partial charge in [-0.15, -0.1) is 11.3 Å². The number of thiophene rings is 1. The van der Waals surface area contributed by atoms with Crippen LogP contribution in [0.5, 0.6) is 0 Å². The van der Waals surface area contributed by atoms with Gasteiger partial charge in [-0.1, -0.05) is 11.8 Å². The Hall–Kier alpha value is -2.34. The van der Waals surface area contributed by atoms with Crippen LogP contribution in [0, 0.1) is 0 Å². The number of rotatable bonds is 6. The fourth-order valence-electron chi connectivity index (χ4n) is 3.02. The summed E-state index contributed by atoms with van der Waals surface area (Å²) in [5.74, 6) is -1.34. The number of esters is 1. The van der Waals surface area contributed by atoms with Crippen LogP contribution < -0.4 is 10.9 Å². The van der Waals surface area contributed by atoms with Crippen LogP contribution in [-0.2, 0) is 28.5 Å². The molecule has 0 bridgehead atoms. The summed E-state index contributed by atoms with van der Waals surface area (Å²) in [6.45, 7) is 1.88. The number of carbonyl (C=O) groups excluding carboxylic acids is 2. The average molecular weight is 461 g/mol. The number of hydrogen-bond acceptors (Lipinski definition) is 7. The number of aryl methyl sites for hydroxylation is 1. The van der Waals surface area contributed by atoms with Gasteiger partial charge in [0, 0.05) is 10.9 Å². The topological polar surface area (TPSA) is 101 Å². The molecular weight excluding hydrogens is 443 g/mol. The van der Waals surface area contributed by atoms with Crippen LogP contribution in [0.15, 0.2) is 16.0 Å². The van der Waals surface area contributed by atoms with Gasteiger partial charge in [-0.2, -0.15) is 13.2 Å². The zero-order valence-electron chi connectivity index (χ0n) is 15.9. The Morgan fingerprint density at radius 3 is 2.77 bits per heavy atom. The van der Waals surface area contributed by atoms with Gasteiger partial charge >= 0.3 is 12.1 Å². The van der Waals surface area contributed by atoms with E-state index < -0.39 is 29.3 Å². The largest absolute Gasteiger partial charge is 0.462 e. The van der Waals surface area contributed by atoms with Crippen molar-refractivity contribution in [3.05, 3.63) is 38.1 Å². The molecule has 2 heterocycles. The van der Waals surface area contributed by atoms with Crippen LogP contribution in [0.1, 0.15) is 46.3 Å². The van der Waals surface area contributed by atoms with Gasteiger partial charge < -0.3 is 15.0 Å². The Morgan fingerprint density at radius 2 is 2.07 bits per heavy atom. The number of H-pyrrole nitrogens is 1. The number of alkyl halides is 3. The van der Waals surface area contributed by atoms with Crippen LogP contribution in [0.2, 0.25) is 0 Å². The first-order valence-corrected chi connectivity index (χ1v) is 10.9. The maximum Gasteiger partial charge on any atom is 0.433 e. The number of anilines is 1. The van der Waals surface area contributed by atoms with Crippen molar-refractivity contribution >= 4 is 40.0 Å². The van der Waals surface area contributed by atoms with E-state index in [4.69, 9.17) is 4.74 Å². The summed E-state index contributed by atoms with van der Waals surface area (Å²) < 4.78 is 43.5. The molecule has 0 aromatic carbocycles. The lowest BCUT2D eigenvalue weighted by Crippen LogP contribution is -2.19. The van der Waals surface area contributed by atoms with Gasteiger partial charge in [-0.05, 0) is 38.2 Å². The molecule has 12 heteroatoms. The number of nitrogens with zero attached hydrogens (tertiary/aromatic N) is 1. The molecule has 7 nitrogen and oxygen atoms in total. The summed E-state index contributed by atoms with van der Waals surface area (Å²) in [5, 5.41) is 2.71. The Bertz CT molecular complexity index is 1020. The van der Waals surface area contributed by atoms with E-state index in [1.807, 2.05) is 0 Å². The maximum absolute atomic E-state index is 12.8. The normalized spacial score (nSPS) is 13.6. The molecule has 0 fully saturated rings. The van der Waals surface area contributed by atoms with Crippen molar-refractivity contribution in [3.8, 4) is 0 Å². The lowest BCUT2D eigenvalue weighted by atomic mass is 9.95. The van der Waals surface area contributed by atoms with Crippen molar-refractivity contribution in [1.29, 1.82) is 0 Å². The number of aromatic amines is 1. The van der Waals surface area contributed by atoms with Gasteiger partial charge in [0.05, 0.1) is 17.9 Å². The molecule has 0 spiro atoms. The number of ether oxygens (including phenoxy) is 1. The lowest BCUT2D eigenvalue weighted by Gasteiger charge is -2.12. The minimum Gasteiger partial charge on any atom is -0.462 e. The van der Waals surface area contributed by atoms with Crippen LogP contribution in [-0.4, -0.2) is 34.2 Å². The molecule has 2 N–H and O–H groups in total. The molecule has 162 valence electrons. The second-order valence-electron chi connectivity index (χ2n) is 6.41. The number of aromatic nitrogens is 2. The third kappa shape index (κ3) is 5.22. The Balaban J connectivity index is 1.74. The maximum atomic E-state index is 12.8. The number of halogens is 3. The highest BCUT2D eigenvalue weighted by Crippen LogP contribution is 2.38. The molecule has 2 aromatic rings. The first kappa shape index (κ1) is 22.3. The second kappa shape index (κ2) is 9.21. The molecule has 0 atom stereocenters. The molecule has 0 aliphatic heterocycles. The van der Waals surface area contributed by atoms with Crippen molar-refractivity contribution < 1.29 is 27.5 Å². The average Bonchev–Trinajstić information content (AvgIpc) is 3.03. The molecule has 30 heavy (non-hydrogen) atoms. The van der Waals surface area contributed by atoms with E-state index in [1.165, 1.54) is 11.3 Å². The smallest absolute Gasteiger partial charge is 0.433 e. The molecule has 1 amide bonds. The van der Waals surface area contributed by atoms with E-state index in [-0.39, 0.29) is 17.5 Å². The van der Waals surface area contributed by atoms with Crippen LogP contribution in [0.25, 0.3) is 0 Å². The summed E-state index contributed by atoms with van der Waals surface area (Å²) in [5.41, 5.74) is -1.06. The highest BCUT2D eigenvalue weighted by molar-refractivity contribution is 7.99. The third-order valence-electron chi connectivity index (χ3n) is 4.25. The highest BCUT2D eigenvalue weighted by Gasteiger charge is 2.33. The van der Waals surface area contributed by atoms with E-state index in [9.17, 15) is 27.6 Å². The molecule has 0 unspecified atom stereocenters. The summed E-state index contributed by atoms with van der Waals surface area (Å²) in [6.07, 6.45) is -1.30. The fourth-order valence-corrected chi connectivity index (χ4v) is 4.99. The zero-order chi connectivity index (χ0) is 21.9. The summed E-state index contributed by atoms with van der Waals surface area (Å²) in [6, 6.07) is 0.353. The van der Waals surface area contributed by atoms with Crippen molar-refractivity contribution in [3.63, 3.8) is 0 Å². The first-order chi connectivity index (χ1) is 14.2. The van der Waals surface area contributed by atoms with Crippen LogP contribution in [0.3, 0.4) is 0 Å². The fraction of sp³-hybridized carbons (Fsp3) is 0.444. The van der Waals surface area contributed by atoms with Gasteiger partial charge in [0.15, 0.2) is 10.9 Å². The van der Waals surface area contributed by atoms with Crippen molar-refractivity contribution in [2.75, 3.05) is 17.7 Å². The summed E-state index contributed by atoms with van der Waals surface area (Å²) >= 11 is 1.97. The van der Waals surface area contributed by atoms with E-state index >= 15 is 0 Å². The van der Waals surface area contributed by atoms with E-state index in [0.717, 1.165) is 36.1 Å². The predicted molar refractivity (Wildman–Crippen MR) is 106 cm³/mol. The molecule has 1 aliphatic rings.